The van der Waals surface area contributed by atoms with Crippen LogP contribution in [-0.4, -0.2) is 38.7 Å². The fourth-order valence-electron chi connectivity index (χ4n) is 1.86. The molecule has 0 spiro atoms. The lowest BCUT2D eigenvalue weighted by Gasteiger charge is -2.18. The summed E-state index contributed by atoms with van der Waals surface area (Å²) in [6, 6.07) is 0. The Morgan fingerprint density at radius 2 is 1.61 bits per heavy atom. The Hall–Kier alpha value is -1.59. The Bertz CT molecular complexity index is 328. The molecule has 0 radical (unpaired) electrons. The first-order valence-electron chi connectivity index (χ1n) is 5.83. The predicted octanol–water partition coefficient (Wildman–Crippen LogP) is 0.682. The van der Waals surface area contributed by atoms with Crippen molar-refractivity contribution < 1.29 is 28.6 Å². The molecule has 102 valence electrons. The van der Waals surface area contributed by atoms with E-state index in [9.17, 15) is 14.4 Å². The molecular weight excluding hydrogens is 240 g/mol. The molecule has 6 heteroatoms. The molecule has 0 N–H and O–H groups in total. The minimum absolute atomic E-state index is 0.0885. The van der Waals surface area contributed by atoms with E-state index in [1.807, 2.05) is 0 Å². The molecule has 1 aliphatic carbocycles. The van der Waals surface area contributed by atoms with Gasteiger partial charge in [-0.25, -0.2) is 0 Å². The van der Waals surface area contributed by atoms with E-state index < -0.39 is 23.3 Å². The van der Waals surface area contributed by atoms with Gasteiger partial charge in [0.2, 0.25) is 0 Å². The van der Waals surface area contributed by atoms with Crippen LogP contribution in [0.1, 0.15) is 26.2 Å². The van der Waals surface area contributed by atoms with E-state index in [4.69, 9.17) is 4.74 Å². The van der Waals surface area contributed by atoms with Crippen molar-refractivity contribution in [2.24, 2.45) is 11.3 Å². The summed E-state index contributed by atoms with van der Waals surface area (Å²) >= 11 is 0. The maximum absolute atomic E-state index is 11.8. The smallest absolute Gasteiger partial charge is 0.320 e. The number of ether oxygens (including phenoxy) is 3. The van der Waals surface area contributed by atoms with Crippen LogP contribution in [0, 0.1) is 11.3 Å². The van der Waals surface area contributed by atoms with Crippen LogP contribution in [-0.2, 0) is 28.6 Å². The van der Waals surface area contributed by atoms with Crippen LogP contribution in [0.4, 0.5) is 0 Å². The first-order valence-corrected chi connectivity index (χ1v) is 5.83. The summed E-state index contributed by atoms with van der Waals surface area (Å²) in [5, 5.41) is 0. The normalized spacial score (nSPS) is 16.0. The number of rotatable bonds is 6. The number of hydrogen-bond donors (Lipinski definition) is 0. The molecule has 1 rings (SSSR count). The zero-order valence-corrected chi connectivity index (χ0v) is 10.9. The van der Waals surface area contributed by atoms with E-state index in [1.165, 1.54) is 14.2 Å². The monoisotopic (exact) mass is 258 g/mol. The van der Waals surface area contributed by atoms with Gasteiger partial charge in [-0.2, -0.15) is 0 Å². The summed E-state index contributed by atoms with van der Waals surface area (Å²) in [6.45, 7) is 1.99. The first-order chi connectivity index (χ1) is 8.50. The van der Waals surface area contributed by atoms with Gasteiger partial charge in [-0.15, -0.1) is 0 Å². The number of methoxy groups -OCH3 is 2. The van der Waals surface area contributed by atoms with Crippen LogP contribution in [0.2, 0.25) is 0 Å². The van der Waals surface area contributed by atoms with Crippen LogP contribution >= 0.6 is 0 Å². The van der Waals surface area contributed by atoms with Gasteiger partial charge in [-0.1, -0.05) is 0 Å². The molecule has 0 aromatic carbocycles. The summed E-state index contributed by atoms with van der Waals surface area (Å²) in [4.78, 5) is 34.8. The second-order valence-electron chi connectivity index (χ2n) is 4.30. The highest BCUT2D eigenvalue weighted by atomic mass is 16.5. The Labute approximate surface area is 106 Å². The minimum Gasteiger partial charge on any atom is -0.468 e. The summed E-state index contributed by atoms with van der Waals surface area (Å²) < 4.78 is 14.1. The lowest BCUT2D eigenvalue weighted by molar-refractivity contribution is -0.161. The van der Waals surface area contributed by atoms with Crippen molar-refractivity contribution in [3.63, 3.8) is 0 Å². The SMILES string of the molecule is CCOC(=O)C1(CC(C(=O)OC)C(=O)OC)CC1. The summed E-state index contributed by atoms with van der Waals surface area (Å²) in [7, 11) is 2.39. The van der Waals surface area contributed by atoms with Gasteiger partial charge in [0.05, 0.1) is 26.2 Å². The molecular formula is C12H18O6. The largest absolute Gasteiger partial charge is 0.468 e. The van der Waals surface area contributed by atoms with Gasteiger partial charge in [0.25, 0.3) is 0 Å². The van der Waals surface area contributed by atoms with Crippen molar-refractivity contribution in [3.05, 3.63) is 0 Å². The van der Waals surface area contributed by atoms with Crippen molar-refractivity contribution in [2.45, 2.75) is 26.2 Å². The van der Waals surface area contributed by atoms with E-state index in [0.29, 0.717) is 12.8 Å². The van der Waals surface area contributed by atoms with Crippen LogP contribution in [0.3, 0.4) is 0 Å². The summed E-state index contributed by atoms with van der Waals surface area (Å²) in [5.41, 5.74) is -0.719. The summed E-state index contributed by atoms with van der Waals surface area (Å²) in [5.74, 6) is -2.79. The number of carbonyl (C=O) groups is 3. The van der Waals surface area contributed by atoms with Gasteiger partial charge < -0.3 is 14.2 Å². The van der Waals surface area contributed by atoms with Crippen molar-refractivity contribution in [2.75, 3.05) is 20.8 Å². The molecule has 1 fully saturated rings. The topological polar surface area (TPSA) is 78.9 Å². The van der Waals surface area contributed by atoms with Crippen LogP contribution in [0.25, 0.3) is 0 Å². The lowest BCUT2D eigenvalue weighted by atomic mass is 9.92. The first kappa shape index (κ1) is 14.5. The highest BCUT2D eigenvalue weighted by Crippen LogP contribution is 2.52. The van der Waals surface area contributed by atoms with Gasteiger partial charge in [0, 0.05) is 0 Å². The minimum atomic E-state index is -1.06. The molecule has 0 atom stereocenters. The van der Waals surface area contributed by atoms with Crippen LogP contribution in [0.15, 0.2) is 0 Å². The number of hydrogen-bond acceptors (Lipinski definition) is 6. The molecule has 0 amide bonds. The molecule has 0 aliphatic heterocycles. The Morgan fingerprint density at radius 1 is 1.11 bits per heavy atom. The van der Waals surface area contributed by atoms with Gasteiger partial charge in [0.15, 0.2) is 5.92 Å². The van der Waals surface area contributed by atoms with Crippen molar-refractivity contribution >= 4 is 17.9 Å². The zero-order chi connectivity index (χ0) is 13.8. The van der Waals surface area contributed by atoms with Crippen LogP contribution < -0.4 is 0 Å². The van der Waals surface area contributed by atoms with Crippen molar-refractivity contribution in [1.82, 2.24) is 0 Å². The Kier molecular flexibility index (Phi) is 4.69. The number of esters is 3. The second kappa shape index (κ2) is 5.84. The van der Waals surface area contributed by atoms with Crippen LogP contribution in [0.5, 0.6) is 0 Å². The standard InChI is InChI=1S/C12H18O6/c1-4-18-11(15)12(5-6-12)7-8(9(13)16-2)10(14)17-3/h8H,4-7H2,1-3H3. The third-order valence-electron chi connectivity index (χ3n) is 3.13. The Morgan fingerprint density at radius 3 is 1.94 bits per heavy atom. The van der Waals surface area contributed by atoms with Crippen molar-refractivity contribution in [3.8, 4) is 0 Å². The zero-order valence-electron chi connectivity index (χ0n) is 10.9. The fraction of sp³-hybridized carbons (Fsp3) is 0.750. The number of carbonyl (C=O) groups excluding carboxylic acids is 3. The van der Waals surface area contributed by atoms with Crippen molar-refractivity contribution in [1.29, 1.82) is 0 Å². The highest BCUT2D eigenvalue weighted by Gasteiger charge is 2.54. The maximum atomic E-state index is 11.8. The average molecular weight is 258 g/mol. The molecule has 6 nitrogen and oxygen atoms in total. The van der Waals surface area contributed by atoms with Gasteiger partial charge in [0.1, 0.15) is 0 Å². The molecule has 0 saturated heterocycles. The molecule has 0 aromatic rings. The third kappa shape index (κ3) is 3.00. The molecule has 0 unspecified atom stereocenters. The highest BCUT2D eigenvalue weighted by molar-refractivity contribution is 5.96. The average Bonchev–Trinajstić information content (AvgIpc) is 3.15. The van der Waals surface area contributed by atoms with E-state index in [0.717, 1.165) is 0 Å². The molecule has 0 bridgehead atoms. The Balaban J connectivity index is 2.75. The fourth-order valence-corrected chi connectivity index (χ4v) is 1.86. The maximum Gasteiger partial charge on any atom is 0.320 e. The van der Waals surface area contributed by atoms with E-state index in [-0.39, 0.29) is 19.0 Å². The van der Waals surface area contributed by atoms with Gasteiger partial charge in [-0.05, 0) is 26.2 Å². The van der Waals surface area contributed by atoms with Gasteiger partial charge >= 0.3 is 17.9 Å². The van der Waals surface area contributed by atoms with E-state index in [1.54, 1.807) is 6.92 Å². The predicted molar refractivity (Wildman–Crippen MR) is 60.4 cm³/mol. The molecule has 0 aromatic heterocycles. The lowest BCUT2D eigenvalue weighted by Crippen LogP contribution is -2.32. The van der Waals surface area contributed by atoms with Gasteiger partial charge in [-0.3, -0.25) is 14.4 Å². The molecule has 18 heavy (non-hydrogen) atoms. The quantitative estimate of drug-likeness (QED) is 0.396. The molecule has 1 saturated carbocycles. The van der Waals surface area contributed by atoms with E-state index in [2.05, 4.69) is 9.47 Å². The molecule has 1 aliphatic rings. The molecule has 0 heterocycles. The third-order valence-corrected chi connectivity index (χ3v) is 3.13. The second-order valence-corrected chi connectivity index (χ2v) is 4.30. The van der Waals surface area contributed by atoms with E-state index >= 15 is 0 Å². The summed E-state index contributed by atoms with van der Waals surface area (Å²) in [6.07, 6.45) is 1.33.